The highest BCUT2D eigenvalue weighted by atomic mass is 16.4. The molecular formula is C13H15N3O2. The van der Waals surface area contributed by atoms with E-state index in [2.05, 4.69) is 10.3 Å². The van der Waals surface area contributed by atoms with E-state index in [9.17, 15) is 4.79 Å². The standard InChI is InChI=1S/C13H15N3O2/c17-13(18)9-4-5-14-10(8-9)11-2-1-3-12-15-6-7-16(11)12/h1-3,6-7,9-10,14H,4-5,8H2,(H,17,18). The second-order valence-electron chi connectivity index (χ2n) is 4.67. The SMILES string of the molecule is O=C(O)C1CCNC(c2cccc3nccn23)C1. The molecule has 0 bridgehead atoms. The largest absolute Gasteiger partial charge is 0.481 e. The van der Waals surface area contributed by atoms with Crippen molar-refractivity contribution in [3.8, 4) is 0 Å². The highest BCUT2D eigenvalue weighted by molar-refractivity contribution is 5.70. The number of fused-ring (bicyclic) bond motifs is 1. The maximum absolute atomic E-state index is 11.1. The van der Waals surface area contributed by atoms with E-state index in [0.29, 0.717) is 12.8 Å². The molecule has 0 amide bonds. The van der Waals surface area contributed by atoms with E-state index in [-0.39, 0.29) is 12.0 Å². The molecule has 0 aromatic carbocycles. The van der Waals surface area contributed by atoms with Crippen molar-refractivity contribution >= 4 is 11.6 Å². The average molecular weight is 245 g/mol. The number of hydrogen-bond acceptors (Lipinski definition) is 3. The lowest BCUT2D eigenvalue weighted by atomic mass is 9.91. The quantitative estimate of drug-likeness (QED) is 0.840. The Hall–Kier alpha value is -1.88. The van der Waals surface area contributed by atoms with Gasteiger partial charge in [-0.05, 0) is 31.5 Å². The molecule has 0 saturated carbocycles. The summed E-state index contributed by atoms with van der Waals surface area (Å²) < 4.78 is 2.02. The zero-order valence-corrected chi connectivity index (χ0v) is 9.91. The predicted octanol–water partition coefficient (Wildman–Crippen LogP) is 1.46. The van der Waals surface area contributed by atoms with Gasteiger partial charge in [0, 0.05) is 24.1 Å². The number of nitrogens with one attached hydrogen (secondary N) is 1. The number of imidazole rings is 1. The van der Waals surface area contributed by atoms with Gasteiger partial charge < -0.3 is 14.8 Å². The van der Waals surface area contributed by atoms with Crippen molar-refractivity contribution in [2.45, 2.75) is 18.9 Å². The molecule has 3 heterocycles. The van der Waals surface area contributed by atoms with Crippen LogP contribution in [-0.4, -0.2) is 27.0 Å². The highest BCUT2D eigenvalue weighted by Gasteiger charge is 2.28. The lowest BCUT2D eigenvalue weighted by Crippen LogP contribution is -2.35. The van der Waals surface area contributed by atoms with Crippen molar-refractivity contribution < 1.29 is 9.90 Å². The van der Waals surface area contributed by atoms with E-state index in [4.69, 9.17) is 5.11 Å². The first-order valence-electron chi connectivity index (χ1n) is 6.14. The minimum Gasteiger partial charge on any atom is -0.481 e. The van der Waals surface area contributed by atoms with Crippen LogP contribution < -0.4 is 5.32 Å². The number of carboxylic acid groups (broad SMARTS) is 1. The van der Waals surface area contributed by atoms with Gasteiger partial charge in [0.2, 0.25) is 0 Å². The third kappa shape index (κ3) is 1.86. The molecule has 1 saturated heterocycles. The fourth-order valence-corrected chi connectivity index (χ4v) is 2.62. The summed E-state index contributed by atoms with van der Waals surface area (Å²) in [5, 5.41) is 12.5. The molecule has 3 rings (SSSR count). The summed E-state index contributed by atoms with van der Waals surface area (Å²) in [7, 11) is 0. The average Bonchev–Trinajstić information content (AvgIpc) is 2.87. The lowest BCUT2D eigenvalue weighted by molar-refractivity contribution is -0.143. The molecule has 2 unspecified atom stereocenters. The van der Waals surface area contributed by atoms with Gasteiger partial charge in [0.15, 0.2) is 0 Å². The maximum atomic E-state index is 11.1. The second kappa shape index (κ2) is 4.42. The number of nitrogens with zero attached hydrogens (tertiary/aromatic N) is 2. The molecule has 2 atom stereocenters. The molecule has 1 fully saturated rings. The van der Waals surface area contributed by atoms with Gasteiger partial charge in [-0.2, -0.15) is 0 Å². The number of piperidine rings is 1. The molecule has 0 radical (unpaired) electrons. The summed E-state index contributed by atoms with van der Waals surface area (Å²) in [5.41, 5.74) is 1.97. The van der Waals surface area contributed by atoms with Crippen LogP contribution in [0.15, 0.2) is 30.6 Å². The Bertz CT molecular complexity index is 578. The minimum atomic E-state index is -0.695. The Morgan fingerprint density at radius 3 is 3.22 bits per heavy atom. The number of aliphatic carboxylic acids is 1. The molecule has 18 heavy (non-hydrogen) atoms. The minimum absolute atomic E-state index is 0.0812. The smallest absolute Gasteiger partial charge is 0.306 e. The maximum Gasteiger partial charge on any atom is 0.306 e. The highest BCUT2D eigenvalue weighted by Crippen LogP contribution is 2.27. The number of aromatic nitrogens is 2. The zero-order chi connectivity index (χ0) is 12.5. The molecule has 5 heteroatoms. The van der Waals surface area contributed by atoms with Crippen LogP contribution in [0.3, 0.4) is 0 Å². The number of pyridine rings is 1. The first-order chi connectivity index (χ1) is 8.75. The summed E-state index contributed by atoms with van der Waals surface area (Å²) >= 11 is 0. The molecule has 1 aliphatic rings. The first kappa shape index (κ1) is 11.2. The Morgan fingerprint density at radius 2 is 2.39 bits per heavy atom. The van der Waals surface area contributed by atoms with Crippen molar-refractivity contribution in [1.29, 1.82) is 0 Å². The Kier molecular flexibility index (Phi) is 2.76. The number of carboxylic acids is 1. The normalized spacial score (nSPS) is 24.2. The van der Waals surface area contributed by atoms with Gasteiger partial charge in [0.1, 0.15) is 5.65 Å². The van der Waals surface area contributed by atoms with Crippen molar-refractivity contribution in [2.24, 2.45) is 5.92 Å². The van der Waals surface area contributed by atoms with E-state index < -0.39 is 5.97 Å². The third-order valence-corrected chi connectivity index (χ3v) is 3.57. The number of carbonyl (C=O) groups is 1. The first-order valence-corrected chi connectivity index (χ1v) is 6.14. The molecule has 0 aliphatic carbocycles. The van der Waals surface area contributed by atoms with Crippen LogP contribution in [0.25, 0.3) is 5.65 Å². The summed E-state index contributed by atoms with van der Waals surface area (Å²) in [6, 6.07) is 6.01. The molecule has 2 aromatic rings. The van der Waals surface area contributed by atoms with Crippen LogP contribution in [-0.2, 0) is 4.79 Å². The second-order valence-corrected chi connectivity index (χ2v) is 4.67. The summed E-state index contributed by atoms with van der Waals surface area (Å²) in [5.74, 6) is -0.950. The predicted molar refractivity (Wildman–Crippen MR) is 66.3 cm³/mol. The topological polar surface area (TPSA) is 66.6 Å². The molecule has 1 aliphatic heterocycles. The van der Waals surface area contributed by atoms with E-state index >= 15 is 0 Å². The Morgan fingerprint density at radius 1 is 1.50 bits per heavy atom. The molecular weight excluding hydrogens is 230 g/mol. The van der Waals surface area contributed by atoms with Gasteiger partial charge >= 0.3 is 5.97 Å². The lowest BCUT2D eigenvalue weighted by Gasteiger charge is -2.28. The van der Waals surface area contributed by atoms with Crippen molar-refractivity contribution in [1.82, 2.24) is 14.7 Å². The van der Waals surface area contributed by atoms with Crippen LogP contribution in [0.2, 0.25) is 0 Å². The van der Waals surface area contributed by atoms with Gasteiger partial charge in [0.25, 0.3) is 0 Å². The summed E-state index contributed by atoms with van der Waals surface area (Å²) in [4.78, 5) is 15.3. The van der Waals surface area contributed by atoms with E-state index in [1.54, 1.807) is 6.20 Å². The third-order valence-electron chi connectivity index (χ3n) is 3.57. The van der Waals surface area contributed by atoms with Crippen LogP contribution in [0.1, 0.15) is 24.6 Å². The van der Waals surface area contributed by atoms with Crippen molar-refractivity contribution in [2.75, 3.05) is 6.54 Å². The van der Waals surface area contributed by atoms with Gasteiger partial charge in [-0.15, -0.1) is 0 Å². The Labute approximate surface area is 104 Å². The molecule has 2 N–H and O–H groups in total. The van der Waals surface area contributed by atoms with Gasteiger partial charge in [0.05, 0.1) is 5.92 Å². The van der Waals surface area contributed by atoms with Crippen molar-refractivity contribution in [3.63, 3.8) is 0 Å². The fourth-order valence-electron chi connectivity index (χ4n) is 2.62. The van der Waals surface area contributed by atoms with Gasteiger partial charge in [-0.25, -0.2) is 4.98 Å². The van der Waals surface area contributed by atoms with Crippen LogP contribution in [0.5, 0.6) is 0 Å². The van der Waals surface area contributed by atoms with Crippen LogP contribution in [0, 0.1) is 5.92 Å². The monoisotopic (exact) mass is 245 g/mol. The molecule has 2 aromatic heterocycles. The molecule has 94 valence electrons. The molecule has 5 nitrogen and oxygen atoms in total. The zero-order valence-electron chi connectivity index (χ0n) is 9.91. The number of hydrogen-bond donors (Lipinski definition) is 2. The van der Waals surface area contributed by atoms with Crippen LogP contribution >= 0.6 is 0 Å². The summed E-state index contributed by atoms with van der Waals surface area (Å²) in [6.45, 7) is 0.743. The van der Waals surface area contributed by atoms with Crippen LogP contribution in [0.4, 0.5) is 0 Å². The van der Waals surface area contributed by atoms with E-state index in [1.165, 1.54) is 0 Å². The van der Waals surface area contributed by atoms with E-state index in [1.807, 2.05) is 28.8 Å². The van der Waals surface area contributed by atoms with Gasteiger partial charge in [-0.3, -0.25) is 4.79 Å². The fraction of sp³-hybridized carbons (Fsp3) is 0.385. The summed E-state index contributed by atoms with van der Waals surface area (Å²) in [6.07, 6.45) is 5.01. The molecule has 0 spiro atoms. The van der Waals surface area contributed by atoms with Gasteiger partial charge in [-0.1, -0.05) is 6.07 Å². The number of rotatable bonds is 2. The Balaban J connectivity index is 1.94. The van der Waals surface area contributed by atoms with E-state index in [0.717, 1.165) is 17.9 Å². The van der Waals surface area contributed by atoms with Crippen molar-refractivity contribution in [3.05, 3.63) is 36.3 Å².